The molecule has 0 saturated carbocycles. The van der Waals surface area contributed by atoms with Crippen molar-refractivity contribution < 1.29 is 9.90 Å². The molecule has 0 aliphatic heterocycles. The van der Waals surface area contributed by atoms with Gasteiger partial charge >= 0.3 is 0 Å². The van der Waals surface area contributed by atoms with Crippen molar-refractivity contribution >= 4 is 5.91 Å². The zero-order valence-electron chi connectivity index (χ0n) is 11.7. The van der Waals surface area contributed by atoms with Crippen LogP contribution in [0, 0.1) is 0 Å². The van der Waals surface area contributed by atoms with E-state index in [1.165, 1.54) is 0 Å². The monoisotopic (exact) mass is 253 g/mol. The summed E-state index contributed by atoms with van der Waals surface area (Å²) in [6.07, 6.45) is 1.40. The summed E-state index contributed by atoms with van der Waals surface area (Å²) in [7, 11) is 0. The molecule has 1 atom stereocenters. The summed E-state index contributed by atoms with van der Waals surface area (Å²) in [5.41, 5.74) is 0.603. The Kier molecular flexibility index (Phi) is 4.90. The quantitative estimate of drug-likeness (QED) is 0.804. The molecule has 1 aromatic rings. The van der Waals surface area contributed by atoms with E-state index in [-0.39, 0.29) is 12.5 Å². The highest BCUT2D eigenvalue weighted by atomic mass is 16.3. The van der Waals surface area contributed by atoms with Gasteiger partial charge in [0, 0.05) is 13.1 Å². The molecule has 2 N–H and O–H groups in total. The van der Waals surface area contributed by atoms with E-state index in [1.807, 2.05) is 20.8 Å². The van der Waals surface area contributed by atoms with Crippen molar-refractivity contribution in [2.24, 2.45) is 0 Å². The summed E-state index contributed by atoms with van der Waals surface area (Å²) in [6.45, 7) is 8.46. The molecule has 0 aliphatic carbocycles. The van der Waals surface area contributed by atoms with Gasteiger partial charge in [0.2, 0.25) is 0 Å². The van der Waals surface area contributed by atoms with Gasteiger partial charge in [-0.2, -0.15) is 5.10 Å². The number of aromatic nitrogens is 2. The Bertz CT molecular complexity index is 410. The second kappa shape index (κ2) is 6.00. The molecule has 1 amide bonds. The lowest BCUT2D eigenvalue weighted by Crippen LogP contribution is -2.40. The molecule has 0 fully saturated rings. The van der Waals surface area contributed by atoms with Gasteiger partial charge in [-0.25, -0.2) is 0 Å². The van der Waals surface area contributed by atoms with Crippen LogP contribution in [0.5, 0.6) is 0 Å². The number of amides is 1. The largest absolute Gasteiger partial charge is 0.388 e. The molecule has 1 rings (SSSR count). The second-order valence-electron chi connectivity index (χ2n) is 4.72. The van der Waals surface area contributed by atoms with E-state index in [4.69, 9.17) is 0 Å². The Labute approximate surface area is 108 Å². The highest BCUT2D eigenvalue weighted by Gasteiger charge is 2.20. The molecule has 0 aromatic carbocycles. The highest BCUT2D eigenvalue weighted by molar-refractivity contribution is 5.92. The first-order chi connectivity index (χ1) is 8.43. The summed E-state index contributed by atoms with van der Waals surface area (Å²) < 4.78 is 1.69. The normalized spacial score (nSPS) is 14.3. The van der Waals surface area contributed by atoms with Crippen LogP contribution in [0.25, 0.3) is 0 Å². The van der Waals surface area contributed by atoms with E-state index in [1.54, 1.807) is 17.7 Å². The van der Waals surface area contributed by atoms with Crippen molar-refractivity contribution in [3.63, 3.8) is 0 Å². The molecule has 102 valence electrons. The van der Waals surface area contributed by atoms with Gasteiger partial charge in [0.15, 0.2) is 0 Å². The molecular weight excluding hydrogens is 230 g/mol. The number of aliphatic hydroxyl groups is 1. The van der Waals surface area contributed by atoms with Crippen LogP contribution >= 0.6 is 0 Å². The smallest absolute Gasteiger partial charge is 0.269 e. The van der Waals surface area contributed by atoms with E-state index in [9.17, 15) is 9.90 Å². The molecule has 1 unspecified atom stereocenters. The van der Waals surface area contributed by atoms with Crippen LogP contribution in [-0.4, -0.2) is 32.9 Å². The predicted octanol–water partition coefficient (Wildman–Crippen LogP) is 1.36. The molecule has 0 radical (unpaired) electrons. The molecule has 0 spiro atoms. The van der Waals surface area contributed by atoms with E-state index in [2.05, 4.69) is 10.4 Å². The fourth-order valence-electron chi connectivity index (χ4n) is 1.55. The first-order valence-electron chi connectivity index (χ1n) is 6.50. The van der Waals surface area contributed by atoms with Gasteiger partial charge in [0.05, 0.1) is 11.3 Å². The Hall–Kier alpha value is -1.36. The number of hydrogen-bond donors (Lipinski definition) is 2. The molecule has 5 nitrogen and oxygen atoms in total. The number of carbonyl (C=O) groups is 1. The lowest BCUT2D eigenvalue weighted by Gasteiger charge is -2.21. The van der Waals surface area contributed by atoms with Gasteiger partial charge in [-0.3, -0.25) is 9.48 Å². The second-order valence-corrected chi connectivity index (χ2v) is 4.72. The van der Waals surface area contributed by atoms with Crippen molar-refractivity contribution in [2.45, 2.75) is 52.7 Å². The fraction of sp³-hybridized carbons (Fsp3) is 0.692. The lowest BCUT2D eigenvalue weighted by atomic mass is 10.0. The van der Waals surface area contributed by atoms with Crippen LogP contribution in [0.15, 0.2) is 6.07 Å². The maximum absolute atomic E-state index is 12.0. The Morgan fingerprint density at radius 3 is 2.67 bits per heavy atom. The van der Waals surface area contributed by atoms with Gasteiger partial charge < -0.3 is 10.4 Å². The average Bonchev–Trinajstić information content (AvgIpc) is 2.79. The van der Waals surface area contributed by atoms with Crippen LogP contribution in [0.4, 0.5) is 0 Å². The van der Waals surface area contributed by atoms with E-state index >= 15 is 0 Å². The zero-order valence-corrected chi connectivity index (χ0v) is 11.7. The molecule has 0 saturated heterocycles. The Balaban J connectivity index is 2.75. The van der Waals surface area contributed by atoms with Crippen molar-refractivity contribution in [3.05, 3.63) is 17.5 Å². The van der Waals surface area contributed by atoms with Gasteiger partial charge in [-0.1, -0.05) is 13.8 Å². The highest BCUT2D eigenvalue weighted by Crippen LogP contribution is 2.08. The van der Waals surface area contributed by atoms with Crippen molar-refractivity contribution in [2.75, 3.05) is 6.54 Å². The van der Waals surface area contributed by atoms with E-state index in [0.29, 0.717) is 18.7 Å². The van der Waals surface area contributed by atoms with E-state index in [0.717, 1.165) is 12.1 Å². The third-order valence-corrected chi connectivity index (χ3v) is 3.12. The molecule has 5 heteroatoms. The van der Waals surface area contributed by atoms with E-state index < -0.39 is 5.60 Å². The number of aryl methyl sites for hydroxylation is 2. The van der Waals surface area contributed by atoms with Crippen molar-refractivity contribution in [1.29, 1.82) is 0 Å². The number of hydrogen-bond acceptors (Lipinski definition) is 3. The fourth-order valence-corrected chi connectivity index (χ4v) is 1.55. The summed E-state index contributed by atoms with van der Waals surface area (Å²) in [6, 6.07) is 1.81. The van der Waals surface area contributed by atoms with Crippen LogP contribution in [0.1, 0.15) is 50.3 Å². The maximum atomic E-state index is 12.0. The molecular formula is C13H23N3O2. The summed E-state index contributed by atoms with van der Waals surface area (Å²) in [5.74, 6) is -0.183. The number of carbonyl (C=O) groups excluding carboxylic acids is 1. The lowest BCUT2D eigenvalue weighted by molar-refractivity contribution is 0.0515. The average molecular weight is 253 g/mol. The molecule has 1 heterocycles. The van der Waals surface area contributed by atoms with Gasteiger partial charge in [0.1, 0.15) is 5.69 Å². The molecule has 0 aliphatic rings. The van der Waals surface area contributed by atoms with Crippen LogP contribution in [-0.2, 0) is 13.0 Å². The molecule has 0 bridgehead atoms. The van der Waals surface area contributed by atoms with Crippen LogP contribution in [0.3, 0.4) is 0 Å². The predicted molar refractivity (Wildman–Crippen MR) is 70.5 cm³/mol. The minimum atomic E-state index is -0.861. The Morgan fingerprint density at radius 1 is 1.50 bits per heavy atom. The SMILES string of the molecule is CCc1cc(C(=O)NCC(C)(O)CC)n(CC)n1. The third-order valence-electron chi connectivity index (χ3n) is 3.12. The van der Waals surface area contributed by atoms with Crippen molar-refractivity contribution in [3.8, 4) is 0 Å². The maximum Gasteiger partial charge on any atom is 0.269 e. The molecule has 18 heavy (non-hydrogen) atoms. The Morgan fingerprint density at radius 2 is 2.17 bits per heavy atom. The summed E-state index contributed by atoms with van der Waals surface area (Å²) in [5, 5.41) is 16.9. The van der Waals surface area contributed by atoms with Gasteiger partial charge in [0.25, 0.3) is 5.91 Å². The summed E-state index contributed by atoms with van der Waals surface area (Å²) >= 11 is 0. The number of nitrogens with zero attached hydrogens (tertiary/aromatic N) is 2. The van der Waals surface area contributed by atoms with Gasteiger partial charge in [-0.15, -0.1) is 0 Å². The van der Waals surface area contributed by atoms with Crippen LogP contribution in [0.2, 0.25) is 0 Å². The number of nitrogens with one attached hydrogen (secondary N) is 1. The zero-order chi connectivity index (χ0) is 13.8. The first-order valence-corrected chi connectivity index (χ1v) is 6.50. The van der Waals surface area contributed by atoms with Crippen LogP contribution < -0.4 is 5.32 Å². The van der Waals surface area contributed by atoms with Crippen molar-refractivity contribution in [1.82, 2.24) is 15.1 Å². The minimum Gasteiger partial charge on any atom is -0.388 e. The standard InChI is InChI=1S/C13H23N3O2/c1-5-10-8-11(16(7-3)15-10)12(17)14-9-13(4,18)6-2/h8,18H,5-7,9H2,1-4H3,(H,14,17). The minimum absolute atomic E-state index is 0.183. The first kappa shape index (κ1) is 14.7. The number of rotatable bonds is 6. The topological polar surface area (TPSA) is 67.2 Å². The molecule has 1 aromatic heterocycles. The summed E-state index contributed by atoms with van der Waals surface area (Å²) in [4.78, 5) is 12.0. The third kappa shape index (κ3) is 3.57. The van der Waals surface area contributed by atoms with Gasteiger partial charge in [-0.05, 0) is 32.8 Å².